The molecule has 2 heterocycles. The molecule has 0 bridgehead atoms. The van der Waals surface area contributed by atoms with E-state index in [1.807, 2.05) is 17.5 Å². The Morgan fingerprint density at radius 1 is 1.53 bits per heavy atom. The smallest absolute Gasteiger partial charge is 0.222 e. The summed E-state index contributed by atoms with van der Waals surface area (Å²) in [7, 11) is 0. The summed E-state index contributed by atoms with van der Waals surface area (Å²) in [5, 5.41) is 4.82. The molecule has 0 aliphatic heterocycles. The lowest BCUT2D eigenvalue weighted by Crippen LogP contribution is -2.05. The molecule has 0 aromatic carbocycles. The molecule has 0 fully saturated rings. The molecular weight excluding hydrogens is 215 g/mol. The van der Waals surface area contributed by atoms with Crippen molar-refractivity contribution in [2.75, 3.05) is 11.1 Å². The number of hydrogen-bond acceptors (Lipinski definition) is 5. The molecule has 0 aliphatic rings. The van der Waals surface area contributed by atoms with Gasteiger partial charge in [0.25, 0.3) is 0 Å². The molecule has 0 atom stereocenters. The average molecular weight is 224 g/mol. The maximum absolute atomic E-state index is 13.2. The zero-order valence-corrected chi connectivity index (χ0v) is 8.59. The Labute approximate surface area is 90.0 Å². The van der Waals surface area contributed by atoms with Crippen molar-refractivity contribution in [3.8, 4) is 0 Å². The van der Waals surface area contributed by atoms with Gasteiger partial charge in [0.15, 0.2) is 11.6 Å². The Kier molecular flexibility index (Phi) is 2.77. The van der Waals surface area contributed by atoms with Crippen molar-refractivity contribution in [1.29, 1.82) is 0 Å². The molecule has 15 heavy (non-hydrogen) atoms. The summed E-state index contributed by atoms with van der Waals surface area (Å²) in [5.74, 6) is -0.304. The van der Waals surface area contributed by atoms with Crippen LogP contribution in [0.1, 0.15) is 4.88 Å². The number of nitrogens with one attached hydrogen (secondary N) is 1. The highest BCUT2D eigenvalue weighted by Gasteiger charge is 2.04. The fourth-order valence-corrected chi connectivity index (χ4v) is 1.73. The van der Waals surface area contributed by atoms with Crippen LogP contribution in [0.2, 0.25) is 0 Å². The van der Waals surface area contributed by atoms with Crippen LogP contribution in [-0.2, 0) is 6.54 Å². The lowest BCUT2D eigenvalue weighted by atomic mass is 10.4. The maximum Gasteiger partial charge on any atom is 0.222 e. The normalized spacial score (nSPS) is 10.2. The van der Waals surface area contributed by atoms with Crippen molar-refractivity contribution in [2.45, 2.75) is 6.54 Å². The van der Waals surface area contributed by atoms with Gasteiger partial charge in [0.2, 0.25) is 5.95 Å². The fraction of sp³-hybridized carbons (Fsp3) is 0.111. The largest absolute Gasteiger partial charge is 0.368 e. The lowest BCUT2D eigenvalue weighted by Gasteiger charge is -2.04. The number of aromatic nitrogens is 2. The SMILES string of the molecule is Nc1ncc(F)c(NCc2cccs2)n1. The zero-order valence-electron chi connectivity index (χ0n) is 7.77. The Morgan fingerprint density at radius 3 is 3.13 bits per heavy atom. The van der Waals surface area contributed by atoms with E-state index in [1.165, 1.54) is 0 Å². The van der Waals surface area contributed by atoms with Gasteiger partial charge in [-0.25, -0.2) is 9.37 Å². The molecule has 0 amide bonds. The first-order valence-electron chi connectivity index (χ1n) is 4.30. The van der Waals surface area contributed by atoms with Crippen molar-refractivity contribution in [3.63, 3.8) is 0 Å². The van der Waals surface area contributed by atoms with Crippen LogP contribution in [0, 0.1) is 5.82 Å². The average Bonchev–Trinajstić information content (AvgIpc) is 2.72. The fourth-order valence-electron chi connectivity index (χ4n) is 1.09. The summed E-state index contributed by atoms with van der Waals surface area (Å²) in [4.78, 5) is 8.40. The standard InChI is InChI=1S/C9H9FN4S/c10-7-5-13-9(11)14-8(7)12-4-6-2-1-3-15-6/h1-3,5H,4H2,(H3,11,12,13,14). The molecular formula is C9H9FN4S. The van der Waals surface area contributed by atoms with Gasteiger partial charge in [0.05, 0.1) is 12.7 Å². The van der Waals surface area contributed by atoms with Crippen LogP contribution in [0.15, 0.2) is 23.7 Å². The first-order chi connectivity index (χ1) is 7.25. The van der Waals surface area contributed by atoms with Gasteiger partial charge in [-0.05, 0) is 11.4 Å². The number of nitrogens with zero attached hydrogens (tertiary/aromatic N) is 2. The molecule has 2 aromatic heterocycles. The van der Waals surface area contributed by atoms with Crippen LogP contribution in [0.25, 0.3) is 0 Å². The molecule has 0 saturated heterocycles. The highest BCUT2D eigenvalue weighted by Crippen LogP contribution is 2.14. The van der Waals surface area contributed by atoms with Gasteiger partial charge in [0, 0.05) is 4.88 Å². The molecule has 0 radical (unpaired) electrons. The third-order valence-electron chi connectivity index (χ3n) is 1.77. The van der Waals surface area contributed by atoms with Crippen molar-refractivity contribution in [1.82, 2.24) is 9.97 Å². The van der Waals surface area contributed by atoms with Crippen molar-refractivity contribution >= 4 is 23.1 Å². The molecule has 6 heteroatoms. The Balaban J connectivity index is 2.07. The monoisotopic (exact) mass is 224 g/mol. The number of anilines is 2. The van der Waals surface area contributed by atoms with Gasteiger partial charge in [-0.1, -0.05) is 6.07 Å². The first-order valence-corrected chi connectivity index (χ1v) is 5.18. The maximum atomic E-state index is 13.2. The minimum absolute atomic E-state index is 0.0603. The molecule has 0 saturated carbocycles. The highest BCUT2D eigenvalue weighted by molar-refractivity contribution is 7.09. The van der Waals surface area contributed by atoms with E-state index >= 15 is 0 Å². The van der Waals surface area contributed by atoms with Crippen LogP contribution in [0.5, 0.6) is 0 Å². The van der Waals surface area contributed by atoms with Gasteiger partial charge in [-0.3, -0.25) is 0 Å². The second-order valence-electron chi connectivity index (χ2n) is 2.86. The van der Waals surface area contributed by atoms with E-state index in [0.717, 1.165) is 11.1 Å². The quantitative estimate of drug-likeness (QED) is 0.835. The summed E-state index contributed by atoms with van der Waals surface area (Å²) in [6.07, 6.45) is 1.05. The topological polar surface area (TPSA) is 63.8 Å². The van der Waals surface area contributed by atoms with Crippen molar-refractivity contribution in [3.05, 3.63) is 34.4 Å². The van der Waals surface area contributed by atoms with Crippen LogP contribution >= 0.6 is 11.3 Å². The van der Waals surface area contributed by atoms with E-state index < -0.39 is 5.82 Å². The number of rotatable bonds is 3. The van der Waals surface area contributed by atoms with E-state index in [2.05, 4.69) is 15.3 Å². The summed E-state index contributed by atoms with van der Waals surface area (Å²) >= 11 is 1.59. The highest BCUT2D eigenvalue weighted by atomic mass is 32.1. The number of nitrogen functional groups attached to an aromatic ring is 1. The summed E-state index contributed by atoms with van der Waals surface area (Å²) in [6, 6.07) is 3.90. The Bertz CT molecular complexity index is 443. The second kappa shape index (κ2) is 4.22. The van der Waals surface area contributed by atoms with Crippen LogP contribution in [0.3, 0.4) is 0 Å². The van der Waals surface area contributed by atoms with E-state index in [0.29, 0.717) is 6.54 Å². The number of thiophene rings is 1. The lowest BCUT2D eigenvalue weighted by molar-refractivity contribution is 0.617. The second-order valence-corrected chi connectivity index (χ2v) is 3.89. The summed E-state index contributed by atoms with van der Waals surface area (Å²) in [5.41, 5.74) is 5.35. The van der Waals surface area contributed by atoms with Gasteiger partial charge in [-0.15, -0.1) is 11.3 Å². The summed E-state index contributed by atoms with van der Waals surface area (Å²) in [6.45, 7) is 0.533. The van der Waals surface area contributed by atoms with Gasteiger partial charge >= 0.3 is 0 Å². The number of nitrogens with two attached hydrogens (primary N) is 1. The Morgan fingerprint density at radius 2 is 2.40 bits per heavy atom. The molecule has 0 aliphatic carbocycles. The third-order valence-corrected chi connectivity index (χ3v) is 2.65. The van der Waals surface area contributed by atoms with E-state index in [-0.39, 0.29) is 11.8 Å². The number of halogens is 1. The molecule has 3 N–H and O–H groups in total. The predicted molar refractivity (Wildman–Crippen MR) is 58.0 cm³/mol. The minimum atomic E-state index is -0.499. The van der Waals surface area contributed by atoms with Crippen molar-refractivity contribution < 1.29 is 4.39 Å². The minimum Gasteiger partial charge on any atom is -0.368 e. The molecule has 78 valence electrons. The van der Waals surface area contributed by atoms with Crippen molar-refractivity contribution in [2.24, 2.45) is 0 Å². The number of hydrogen-bond donors (Lipinski definition) is 2. The van der Waals surface area contributed by atoms with Crippen LogP contribution < -0.4 is 11.1 Å². The molecule has 0 spiro atoms. The molecule has 4 nitrogen and oxygen atoms in total. The van der Waals surface area contributed by atoms with Gasteiger partial charge in [-0.2, -0.15) is 4.98 Å². The van der Waals surface area contributed by atoms with Gasteiger partial charge < -0.3 is 11.1 Å². The van der Waals surface area contributed by atoms with Crippen LogP contribution in [0.4, 0.5) is 16.2 Å². The molecule has 2 rings (SSSR count). The van der Waals surface area contributed by atoms with Crippen LogP contribution in [-0.4, -0.2) is 9.97 Å². The first kappa shape index (κ1) is 9.85. The van der Waals surface area contributed by atoms with E-state index in [1.54, 1.807) is 11.3 Å². The summed E-state index contributed by atoms with van der Waals surface area (Å²) < 4.78 is 13.2. The molecule has 2 aromatic rings. The molecule has 0 unspecified atom stereocenters. The zero-order chi connectivity index (χ0) is 10.7. The van der Waals surface area contributed by atoms with Gasteiger partial charge in [0.1, 0.15) is 0 Å². The van der Waals surface area contributed by atoms with E-state index in [9.17, 15) is 4.39 Å². The van der Waals surface area contributed by atoms with E-state index in [4.69, 9.17) is 5.73 Å². The third kappa shape index (κ3) is 2.41. The Hall–Kier alpha value is -1.69. The predicted octanol–water partition coefficient (Wildman–Crippen LogP) is 1.87.